The van der Waals surface area contributed by atoms with Crippen molar-refractivity contribution in [3.05, 3.63) is 189 Å². The van der Waals surface area contributed by atoms with E-state index in [4.69, 9.17) is 0 Å². The van der Waals surface area contributed by atoms with Crippen LogP contribution >= 0.6 is 15.8 Å². The maximum atomic E-state index is 2.38. The fourth-order valence-corrected chi connectivity index (χ4v) is 12.1. The van der Waals surface area contributed by atoms with Gasteiger partial charge >= 0.3 is 17.1 Å². The minimum absolute atomic E-state index is 0. The summed E-state index contributed by atoms with van der Waals surface area (Å²) in [6, 6.07) is 0. The smallest absolute Gasteiger partial charge is 0.0918 e. The number of hydrogen-bond donors (Lipinski definition) is 0. The predicted molar refractivity (Wildman–Crippen MR) is 174 cm³/mol. The molecular weight excluding hydrogens is 574 g/mol. The minimum atomic E-state index is -0.242. The molecule has 0 amide bonds. The molecule has 6 saturated carbocycles. The summed E-state index contributed by atoms with van der Waals surface area (Å²) < 4.78 is 0. The van der Waals surface area contributed by atoms with Crippen LogP contribution in [-0.2, 0) is 17.1 Å². The van der Waals surface area contributed by atoms with Gasteiger partial charge in [-0.3, -0.25) is 0 Å². The maximum Gasteiger partial charge on any atom is 2.00 e. The van der Waals surface area contributed by atoms with Gasteiger partial charge in [-0.15, -0.1) is 0 Å². The van der Waals surface area contributed by atoms with Crippen LogP contribution in [0, 0.1) is 189 Å². The molecule has 208 valence electrons. The van der Waals surface area contributed by atoms with Gasteiger partial charge in [-0.05, 0) is 200 Å². The normalized spacial score (nSPS) is 28.8. The summed E-state index contributed by atoms with van der Waals surface area (Å²) in [5.74, 6) is 5.87. The third-order valence-electron chi connectivity index (χ3n) is 8.24. The van der Waals surface area contributed by atoms with Gasteiger partial charge in [0.2, 0.25) is 0 Å². The molecule has 0 nitrogen and oxygen atoms in total. The van der Waals surface area contributed by atoms with E-state index in [-0.39, 0.29) is 32.9 Å². The van der Waals surface area contributed by atoms with E-state index in [0.717, 1.165) is 0 Å². The van der Waals surface area contributed by atoms with E-state index in [9.17, 15) is 0 Å². The molecule has 0 spiro atoms. The first-order valence-electron chi connectivity index (χ1n) is 14.4. The Morgan fingerprint density at radius 2 is 0.488 bits per heavy atom. The summed E-state index contributed by atoms with van der Waals surface area (Å²) in [6.07, 6.45) is 53.2. The van der Waals surface area contributed by atoms with Gasteiger partial charge in [-0.2, -0.15) is 0 Å². The van der Waals surface area contributed by atoms with Crippen LogP contribution in [0.25, 0.3) is 0 Å². The summed E-state index contributed by atoms with van der Waals surface area (Å²) in [5, 5.41) is 0. The van der Waals surface area contributed by atoms with Crippen LogP contribution in [0.15, 0.2) is 0 Å². The van der Waals surface area contributed by atoms with E-state index >= 15 is 0 Å². The Hall–Kier alpha value is 1.38. The van der Waals surface area contributed by atoms with Crippen molar-refractivity contribution in [3.8, 4) is 0 Å². The van der Waals surface area contributed by atoms with Crippen LogP contribution in [0.4, 0.5) is 0 Å². The first-order valence-corrected chi connectivity index (χ1v) is 17.4. The van der Waals surface area contributed by atoms with Crippen molar-refractivity contribution in [2.75, 3.05) is 0 Å². The molecule has 0 aromatic rings. The summed E-state index contributed by atoms with van der Waals surface area (Å²) in [7, 11) is -0.485. The molecule has 41 heavy (non-hydrogen) atoms. The van der Waals surface area contributed by atoms with Crippen molar-refractivity contribution in [2.24, 2.45) is 0 Å². The monoisotopic (exact) mass is 614 g/mol. The van der Waals surface area contributed by atoms with E-state index in [1.165, 1.54) is 35.0 Å². The Balaban J connectivity index is 0.000000184. The molecule has 0 unspecified atom stereocenters. The molecule has 4 atom stereocenters. The van der Waals surface area contributed by atoms with Gasteiger partial charge in [0.1, 0.15) is 0 Å². The second-order valence-electron chi connectivity index (χ2n) is 10.7. The molecule has 0 bridgehead atoms. The van der Waals surface area contributed by atoms with E-state index in [2.05, 4.69) is 182 Å². The quantitative estimate of drug-likeness (QED) is 0.170. The third-order valence-corrected chi connectivity index (χ3v) is 14.6. The molecule has 6 aliphatic rings. The van der Waals surface area contributed by atoms with Gasteiger partial charge in [0.15, 0.2) is 0 Å². The maximum absolute atomic E-state index is 2.38. The molecule has 3 heteroatoms. The Kier molecular flexibility index (Phi) is 15.4. The second kappa shape index (κ2) is 17.9. The average Bonchev–Trinajstić information content (AvgIpc) is 3.84. The van der Waals surface area contributed by atoms with Gasteiger partial charge in [-0.1, -0.05) is 43.5 Å². The van der Waals surface area contributed by atoms with Gasteiger partial charge in [0.05, 0.1) is 0 Å². The molecule has 0 N–H and O–H groups in total. The minimum Gasteiger partial charge on any atom is -0.0918 e. The first-order chi connectivity index (χ1) is 19.5. The van der Waals surface area contributed by atoms with Crippen LogP contribution in [-0.4, -0.2) is 22.6 Å². The van der Waals surface area contributed by atoms with Gasteiger partial charge < -0.3 is 0 Å². The van der Waals surface area contributed by atoms with Crippen molar-refractivity contribution in [1.29, 1.82) is 0 Å². The zero-order valence-corrected chi connectivity index (χ0v) is 27.3. The summed E-state index contributed by atoms with van der Waals surface area (Å²) in [4.78, 5) is 0. The zero-order chi connectivity index (χ0) is 27.9. The fraction of sp³-hybridized carbons (Fsp3) is 0.211. The number of hydrogen-bond acceptors (Lipinski definition) is 0. The molecule has 0 heterocycles. The summed E-state index contributed by atoms with van der Waals surface area (Å²) in [6.45, 7) is 9.53. The molecule has 6 rings (SSSR count). The van der Waals surface area contributed by atoms with Crippen molar-refractivity contribution in [1.82, 2.24) is 0 Å². The van der Waals surface area contributed by atoms with Crippen LogP contribution in [0.2, 0.25) is 0 Å². The van der Waals surface area contributed by atoms with Crippen molar-refractivity contribution < 1.29 is 17.1 Å². The van der Waals surface area contributed by atoms with E-state index in [1.807, 2.05) is 0 Å². The Labute approximate surface area is 271 Å². The third kappa shape index (κ3) is 9.23. The SMILES string of the molecule is C[C@@H]([C]1[CH][CH][CH][CH]1)P([C]1[CH][CH][CH][CH]1)[C@@H](C)[C]1[CH][CH][CH][CH]1.C[C@@H]([C]1[CH][CH][CH][CH]1)P([C]1[CH][CH][CH][CH]1)[C@@H](C)[C]1[CH][CH][CH][CH]1.[Fe+2]. The second-order valence-corrected chi connectivity index (χ2v) is 16.4. The Morgan fingerprint density at radius 1 is 0.317 bits per heavy atom. The molecule has 0 aliphatic heterocycles. The van der Waals surface area contributed by atoms with Gasteiger partial charge in [-0.25, -0.2) is 0 Å². The van der Waals surface area contributed by atoms with Crippen molar-refractivity contribution in [2.45, 2.75) is 50.3 Å². The molecular formula is C38H40FeP2+2. The fourth-order valence-electron chi connectivity index (χ4n) is 5.95. The van der Waals surface area contributed by atoms with Crippen LogP contribution in [0.5, 0.6) is 0 Å². The van der Waals surface area contributed by atoms with E-state index in [0.29, 0.717) is 22.6 Å². The van der Waals surface area contributed by atoms with Crippen molar-refractivity contribution in [3.63, 3.8) is 0 Å². The largest absolute Gasteiger partial charge is 2.00 e. The average molecular weight is 615 g/mol. The molecule has 6 aliphatic carbocycles. The number of rotatable bonds is 10. The van der Waals surface area contributed by atoms with Crippen LogP contribution in [0.1, 0.15) is 27.7 Å². The van der Waals surface area contributed by atoms with Gasteiger partial charge in [0.25, 0.3) is 0 Å². The molecule has 0 aromatic carbocycles. The van der Waals surface area contributed by atoms with E-state index < -0.39 is 0 Å². The Bertz CT molecular complexity index is 587. The Morgan fingerprint density at radius 3 is 0.683 bits per heavy atom. The summed E-state index contributed by atoms with van der Waals surface area (Å²) in [5.41, 5.74) is 5.39. The molecule has 6 fully saturated rings. The van der Waals surface area contributed by atoms with Gasteiger partial charge in [0, 0.05) is 11.3 Å². The molecule has 0 aromatic heterocycles. The van der Waals surface area contributed by atoms with Crippen molar-refractivity contribution >= 4 is 15.8 Å². The molecule has 0 saturated heterocycles. The topological polar surface area (TPSA) is 0 Å². The predicted octanol–water partition coefficient (Wildman–Crippen LogP) is 8.83. The zero-order valence-electron chi connectivity index (χ0n) is 24.4. The standard InChI is InChI=1S/2C19H20P.Fe/c2*1-15(17-9-3-4-10-17)20(19-13-7-8-14-19)16(2)18-11-5-6-12-18;/h2*3-16H,1-2H3;/q;;+2/t2*15-,16-;/m00./s1. The van der Waals surface area contributed by atoms with Crippen LogP contribution in [0.3, 0.4) is 0 Å². The first kappa shape index (κ1) is 35.2. The summed E-state index contributed by atoms with van der Waals surface area (Å²) >= 11 is 0. The van der Waals surface area contributed by atoms with E-state index in [1.54, 1.807) is 0 Å². The van der Waals surface area contributed by atoms with Crippen LogP contribution < -0.4 is 0 Å². The molecule has 30 radical (unpaired) electrons.